The zero-order valence-corrected chi connectivity index (χ0v) is 8.69. The van der Waals surface area contributed by atoms with Crippen molar-refractivity contribution in [3.05, 3.63) is 16.3 Å². The molecule has 0 aliphatic heterocycles. The molecule has 0 aromatic carbocycles. The van der Waals surface area contributed by atoms with Crippen LogP contribution in [0.2, 0.25) is 0 Å². The van der Waals surface area contributed by atoms with Gasteiger partial charge in [-0.05, 0) is 5.92 Å². The van der Waals surface area contributed by atoms with Crippen molar-refractivity contribution in [1.82, 2.24) is 4.98 Å². The van der Waals surface area contributed by atoms with Gasteiger partial charge < -0.3 is 5.73 Å². The highest BCUT2D eigenvalue weighted by atomic mass is 32.1. The SMILES string of the molecule is CC(C)C.NC(=O)c1csc(F)n1. The quantitative estimate of drug-likeness (QED) is 0.761. The molecule has 5 heteroatoms. The van der Waals surface area contributed by atoms with E-state index in [0.717, 1.165) is 17.3 Å². The molecule has 0 aliphatic carbocycles. The Morgan fingerprint density at radius 2 is 2.08 bits per heavy atom. The monoisotopic (exact) mass is 204 g/mol. The maximum atomic E-state index is 12.0. The van der Waals surface area contributed by atoms with E-state index in [-0.39, 0.29) is 5.69 Å². The number of amides is 1. The molecule has 0 bridgehead atoms. The highest BCUT2D eigenvalue weighted by Gasteiger charge is 2.04. The molecule has 3 nitrogen and oxygen atoms in total. The number of halogens is 1. The fraction of sp³-hybridized carbons (Fsp3) is 0.500. The normalized spacial score (nSPS) is 9.31. The van der Waals surface area contributed by atoms with E-state index in [1.54, 1.807) is 0 Å². The van der Waals surface area contributed by atoms with Gasteiger partial charge in [-0.25, -0.2) is 4.98 Å². The largest absolute Gasteiger partial charge is 0.364 e. The van der Waals surface area contributed by atoms with Crippen LogP contribution in [-0.2, 0) is 0 Å². The minimum atomic E-state index is -0.699. The Balaban J connectivity index is 0.000000310. The predicted octanol–water partition coefficient (Wildman–Crippen LogP) is 2.04. The van der Waals surface area contributed by atoms with Crippen molar-refractivity contribution in [3.8, 4) is 0 Å². The molecule has 0 aliphatic rings. The number of nitrogens with two attached hydrogens (primary N) is 1. The zero-order valence-electron chi connectivity index (χ0n) is 7.87. The van der Waals surface area contributed by atoms with Crippen molar-refractivity contribution in [1.29, 1.82) is 0 Å². The smallest absolute Gasteiger partial charge is 0.269 e. The van der Waals surface area contributed by atoms with E-state index < -0.39 is 11.2 Å². The molecule has 0 radical (unpaired) electrons. The fourth-order valence-electron chi connectivity index (χ4n) is 0.365. The van der Waals surface area contributed by atoms with Crippen molar-refractivity contribution in [3.63, 3.8) is 0 Å². The lowest BCUT2D eigenvalue weighted by atomic mass is 10.3. The van der Waals surface area contributed by atoms with Crippen LogP contribution in [0, 0.1) is 11.2 Å². The molecule has 0 saturated heterocycles. The standard InChI is InChI=1S/C4H3FN2OS.C4H10/c5-4-7-2(1-9-4)3(6)8;1-4(2)3/h1H,(H2,6,8);4H,1-3H3. The third kappa shape index (κ3) is 6.21. The summed E-state index contributed by atoms with van der Waals surface area (Å²) in [5, 5.41) is 0.640. The molecule has 1 amide bonds. The Hall–Kier alpha value is -0.970. The maximum Gasteiger partial charge on any atom is 0.269 e. The zero-order chi connectivity index (χ0) is 10.4. The van der Waals surface area contributed by atoms with Crippen LogP contribution in [-0.4, -0.2) is 10.9 Å². The molecule has 0 atom stereocenters. The molecule has 0 unspecified atom stereocenters. The Morgan fingerprint density at radius 1 is 1.62 bits per heavy atom. The van der Waals surface area contributed by atoms with Crippen LogP contribution >= 0.6 is 11.3 Å². The third-order valence-corrected chi connectivity index (χ3v) is 1.36. The van der Waals surface area contributed by atoms with Gasteiger partial charge in [-0.15, -0.1) is 0 Å². The lowest BCUT2D eigenvalue weighted by Gasteiger charge is -1.79. The van der Waals surface area contributed by atoms with Gasteiger partial charge in [0.05, 0.1) is 0 Å². The number of hydrogen-bond acceptors (Lipinski definition) is 3. The van der Waals surface area contributed by atoms with Gasteiger partial charge in [0.1, 0.15) is 5.69 Å². The first kappa shape index (κ1) is 12.0. The number of hydrogen-bond donors (Lipinski definition) is 1. The van der Waals surface area contributed by atoms with Crippen molar-refractivity contribution in [2.45, 2.75) is 20.8 Å². The molecule has 2 N–H and O–H groups in total. The van der Waals surface area contributed by atoms with E-state index in [4.69, 9.17) is 5.73 Å². The molecule has 74 valence electrons. The second-order valence-electron chi connectivity index (χ2n) is 3.08. The second kappa shape index (κ2) is 5.64. The lowest BCUT2D eigenvalue weighted by Crippen LogP contribution is -2.10. The predicted molar refractivity (Wildman–Crippen MR) is 51.1 cm³/mol. The molecule has 1 aromatic rings. The van der Waals surface area contributed by atoms with Gasteiger partial charge in [0.25, 0.3) is 11.2 Å². The Bertz CT molecular complexity index is 270. The molecular weight excluding hydrogens is 191 g/mol. The van der Waals surface area contributed by atoms with Gasteiger partial charge in [-0.3, -0.25) is 4.79 Å². The van der Waals surface area contributed by atoms with Crippen molar-refractivity contribution in [2.75, 3.05) is 0 Å². The maximum absolute atomic E-state index is 12.0. The van der Waals surface area contributed by atoms with Crippen LogP contribution in [0.15, 0.2) is 5.38 Å². The molecule has 1 aromatic heterocycles. The Morgan fingerprint density at radius 3 is 2.23 bits per heavy atom. The number of carbonyl (C=O) groups excluding carboxylic acids is 1. The van der Waals surface area contributed by atoms with Crippen molar-refractivity contribution < 1.29 is 9.18 Å². The molecule has 0 fully saturated rings. The molecule has 1 heterocycles. The van der Waals surface area contributed by atoms with Crippen LogP contribution < -0.4 is 5.73 Å². The average Bonchev–Trinajstić information content (AvgIpc) is 2.34. The summed E-state index contributed by atoms with van der Waals surface area (Å²) in [7, 11) is 0. The summed E-state index contributed by atoms with van der Waals surface area (Å²) >= 11 is 0.754. The number of carbonyl (C=O) groups is 1. The first-order valence-corrected chi connectivity index (χ1v) is 4.72. The Kier molecular flexibility index (Phi) is 5.22. The number of nitrogens with zero attached hydrogens (tertiary/aromatic N) is 1. The van der Waals surface area contributed by atoms with Crippen LogP contribution in [0.1, 0.15) is 31.3 Å². The van der Waals surface area contributed by atoms with E-state index in [1.165, 1.54) is 5.38 Å². The summed E-state index contributed by atoms with van der Waals surface area (Å²) in [4.78, 5) is 13.4. The van der Waals surface area contributed by atoms with E-state index in [0.29, 0.717) is 0 Å². The van der Waals surface area contributed by atoms with E-state index in [1.807, 2.05) is 0 Å². The van der Waals surface area contributed by atoms with Gasteiger partial charge in [0.2, 0.25) is 0 Å². The van der Waals surface area contributed by atoms with Crippen LogP contribution in [0.25, 0.3) is 0 Å². The van der Waals surface area contributed by atoms with E-state index in [2.05, 4.69) is 25.8 Å². The molecular formula is C8H13FN2OS. The first-order chi connectivity index (χ1) is 5.93. The summed E-state index contributed by atoms with van der Waals surface area (Å²) in [6.45, 7) is 6.50. The number of primary amides is 1. The highest BCUT2D eigenvalue weighted by Crippen LogP contribution is 2.05. The average molecular weight is 204 g/mol. The van der Waals surface area contributed by atoms with Crippen molar-refractivity contribution >= 4 is 17.2 Å². The minimum Gasteiger partial charge on any atom is -0.364 e. The van der Waals surface area contributed by atoms with Gasteiger partial charge in [-0.1, -0.05) is 32.1 Å². The van der Waals surface area contributed by atoms with Crippen molar-refractivity contribution in [2.24, 2.45) is 11.7 Å². The van der Waals surface area contributed by atoms with Crippen LogP contribution in [0.5, 0.6) is 0 Å². The second-order valence-corrected chi connectivity index (χ2v) is 3.89. The number of rotatable bonds is 1. The first-order valence-electron chi connectivity index (χ1n) is 3.84. The number of aromatic nitrogens is 1. The highest BCUT2D eigenvalue weighted by molar-refractivity contribution is 7.08. The summed E-state index contributed by atoms with van der Waals surface area (Å²) in [5.74, 6) is 0.134. The topological polar surface area (TPSA) is 56.0 Å². The third-order valence-electron chi connectivity index (χ3n) is 0.729. The Labute approximate surface area is 80.8 Å². The molecule has 0 spiro atoms. The minimum absolute atomic E-state index is 0.0162. The van der Waals surface area contributed by atoms with Gasteiger partial charge in [-0.2, -0.15) is 4.39 Å². The van der Waals surface area contributed by atoms with E-state index >= 15 is 0 Å². The van der Waals surface area contributed by atoms with E-state index in [9.17, 15) is 9.18 Å². The summed E-state index contributed by atoms with van der Waals surface area (Å²) in [6, 6.07) is 0. The summed E-state index contributed by atoms with van der Waals surface area (Å²) in [6.07, 6.45) is 0. The van der Waals surface area contributed by atoms with Crippen LogP contribution in [0.4, 0.5) is 4.39 Å². The summed E-state index contributed by atoms with van der Waals surface area (Å²) < 4.78 is 12.0. The summed E-state index contributed by atoms with van der Waals surface area (Å²) in [5.41, 5.74) is 4.75. The van der Waals surface area contributed by atoms with Crippen LogP contribution in [0.3, 0.4) is 0 Å². The lowest BCUT2D eigenvalue weighted by molar-refractivity contribution is 0.0995. The molecule has 13 heavy (non-hydrogen) atoms. The fourth-order valence-corrected chi connectivity index (χ4v) is 0.894. The van der Waals surface area contributed by atoms with Gasteiger partial charge in [0.15, 0.2) is 0 Å². The molecule has 0 saturated carbocycles. The number of thiazole rings is 1. The van der Waals surface area contributed by atoms with Gasteiger partial charge in [0, 0.05) is 5.38 Å². The van der Waals surface area contributed by atoms with Gasteiger partial charge >= 0.3 is 0 Å². The molecule has 1 rings (SSSR count).